The molecule has 0 saturated heterocycles. The van der Waals surface area contributed by atoms with Gasteiger partial charge in [0.05, 0.1) is 34.0 Å². The number of hydrogen-bond donors (Lipinski definition) is 1. The van der Waals surface area contributed by atoms with E-state index in [1.54, 1.807) is 21.3 Å². The van der Waals surface area contributed by atoms with Gasteiger partial charge in [0.25, 0.3) is 0 Å². The number of methoxy groups -OCH3 is 3. The van der Waals surface area contributed by atoms with Gasteiger partial charge in [-0.3, -0.25) is 0 Å². The van der Waals surface area contributed by atoms with Crippen molar-refractivity contribution in [1.29, 1.82) is 0 Å². The highest BCUT2D eigenvalue weighted by molar-refractivity contribution is 5.54. The third-order valence-electron chi connectivity index (χ3n) is 2.76. The maximum Gasteiger partial charge on any atom is 0.203 e. The summed E-state index contributed by atoms with van der Waals surface area (Å²) in [6, 6.07) is 3.48. The van der Waals surface area contributed by atoms with E-state index in [9.17, 15) is 0 Å². The minimum atomic E-state index is -0.222. The van der Waals surface area contributed by atoms with Crippen molar-refractivity contribution in [2.45, 2.75) is 19.4 Å². The molecule has 0 radical (unpaired) electrons. The summed E-state index contributed by atoms with van der Waals surface area (Å²) in [6.45, 7) is 3.23. The average Bonchev–Trinajstić information content (AvgIpc) is 2.45. The van der Waals surface area contributed by atoms with E-state index >= 15 is 0 Å². The third kappa shape index (κ3) is 4.01. The molecule has 0 heterocycles. The molecule has 0 aliphatic carbocycles. The van der Waals surface area contributed by atoms with Gasteiger partial charge >= 0.3 is 0 Å². The third-order valence-corrected chi connectivity index (χ3v) is 2.76. The van der Waals surface area contributed by atoms with E-state index in [-0.39, 0.29) is 6.04 Å². The van der Waals surface area contributed by atoms with E-state index in [1.807, 2.05) is 12.1 Å². The lowest BCUT2D eigenvalue weighted by Crippen LogP contribution is -2.17. The molecular formula is C14H23NO4. The molecule has 5 nitrogen and oxygen atoms in total. The Morgan fingerprint density at radius 3 is 2.05 bits per heavy atom. The molecule has 1 unspecified atom stereocenters. The minimum Gasteiger partial charge on any atom is -0.493 e. The van der Waals surface area contributed by atoms with Gasteiger partial charge in [0.15, 0.2) is 11.5 Å². The van der Waals surface area contributed by atoms with Crippen molar-refractivity contribution in [2.24, 2.45) is 5.73 Å². The number of rotatable bonds is 8. The SMILES string of the molecule is CCCOCC(N)c1cc(OC)c(OC)c(OC)c1. The fraction of sp³-hybridized carbons (Fsp3) is 0.571. The van der Waals surface area contributed by atoms with Crippen LogP contribution >= 0.6 is 0 Å². The number of hydrogen-bond acceptors (Lipinski definition) is 5. The molecule has 0 fully saturated rings. The van der Waals surface area contributed by atoms with Crippen LogP contribution in [-0.4, -0.2) is 34.5 Å². The fourth-order valence-corrected chi connectivity index (χ4v) is 1.77. The molecule has 0 saturated carbocycles. The maximum absolute atomic E-state index is 6.10. The first-order valence-corrected chi connectivity index (χ1v) is 6.31. The highest BCUT2D eigenvalue weighted by atomic mass is 16.5. The molecule has 0 aromatic heterocycles. The van der Waals surface area contributed by atoms with Gasteiger partial charge in [-0.25, -0.2) is 0 Å². The zero-order chi connectivity index (χ0) is 14.3. The summed E-state index contributed by atoms with van der Waals surface area (Å²) in [4.78, 5) is 0. The molecule has 1 aromatic carbocycles. The number of ether oxygens (including phenoxy) is 4. The lowest BCUT2D eigenvalue weighted by Gasteiger charge is -2.17. The normalized spacial score (nSPS) is 12.1. The number of nitrogens with two attached hydrogens (primary N) is 1. The summed E-state index contributed by atoms with van der Waals surface area (Å²) in [5.41, 5.74) is 6.99. The van der Waals surface area contributed by atoms with E-state index in [1.165, 1.54) is 0 Å². The van der Waals surface area contributed by atoms with Crippen LogP contribution in [-0.2, 0) is 4.74 Å². The summed E-state index contributed by atoms with van der Waals surface area (Å²) in [5, 5.41) is 0. The Kier molecular flexibility index (Phi) is 6.45. The monoisotopic (exact) mass is 269 g/mol. The van der Waals surface area contributed by atoms with Gasteiger partial charge in [-0.05, 0) is 24.1 Å². The Morgan fingerprint density at radius 2 is 1.63 bits per heavy atom. The standard InChI is InChI=1S/C14H23NO4/c1-5-6-19-9-11(15)10-7-12(16-2)14(18-4)13(8-10)17-3/h7-8,11H,5-6,9,15H2,1-4H3. The molecule has 5 heteroatoms. The maximum atomic E-state index is 6.10. The van der Waals surface area contributed by atoms with Crippen molar-refractivity contribution in [3.63, 3.8) is 0 Å². The van der Waals surface area contributed by atoms with Gasteiger partial charge < -0.3 is 24.7 Å². The molecule has 2 N–H and O–H groups in total. The number of benzene rings is 1. The van der Waals surface area contributed by atoms with Crippen molar-refractivity contribution in [3.05, 3.63) is 17.7 Å². The molecular weight excluding hydrogens is 246 g/mol. The Morgan fingerprint density at radius 1 is 1.05 bits per heavy atom. The Bertz CT molecular complexity index is 370. The highest BCUT2D eigenvalue weighted by Crippen LogP contribution is 2.39. The zero-order valence-corrected chi connectivity index (χ0v) is 12.1. The van der Waals surface area contributed by atoms with Crippen molar-refractivity contribution in [1.82, 2.24) is 0 Å². The van der Waals surface area contributed by atoms with E-state index in [0.717, 1.165) is 12.0 Å². The molecule has 108 valence electrons. The fourth-order valence-electron chi connectivity index (χ4n) is 1.77. The predicted molar refractivity (Wildman–Crippen MR) is 74.1 cm³/mol. The van der Waals surface area contributed by atoms with Gasteiger partial charge in [0, 0.05) is 6.61 Å². The van der Waals surface area contributed by atoms with Crippen LogP contribution in [0.4, 0.5) is 0 Å². The van der Waals surface area contributed by atoms with Crippen LogP contribution < -0.4 is 19.9 Å². The second-order valence-electron chi connectivity index (χ2n) is 4.14. The minimum absolute atomic E-state index is 0.222. The van der Waals surface area contributed by atoms with Crippen LogP contribution in [0.1, 0.15) is 24.9 Å². The molecule has 19 heavy (non-hydrogen) atoms. The first-order valence-electron chi connectivity index (χ1n) is 6.31. The smallest absolute Gasteiger partial charge is 0.203 e. The van der Waals surface area contributed by atoms with E-state index < -0.39 is 0 Å². The highest BCUT2D eigenvalue weighted by Gasteiger charge is 2.16. The van der Waals surface area contributed by atoms with Gasteiger partial charge in [-0.1, -0.05) is 6.92 Å². The Labute approximate surface area is 114 Å². The van der Waals surface area contributed by atoms with Gasteiger partial charge in [-0.2, -0.15) is 0 Å². The van der Waals surface area contributed by atoms with Crippen LogP contribution in [0.25, 0.3) is 0 Å². The molecule has 0 aliphatic rings. The largest absolute Gasteiger partial charge is 0.493 e. The van der Waals surface area contributed by atoms with Crippen LogP contribution in [0.15, 0.2) is 12.1 Å². The average molecular weight is 269 g/mol. The molecule has 1 aromatic rings. The van der Waals surface area contributed by atoms with Crippen molar-refractivity contribution in [2.75, 3.05) is 34.5 Å². The predicted octanol–water partition coefficient (Wildman–Crippen LogP) is 2.14. The van der Waals surface area contributed by atoms with Crippen LogP contribution in [0, 0.1) is 0 Å². The summed E-state index contributed by atoms with van der Waals surface area (Å²) in [5.74, 6) is 1.76. The lowest BCUT2D eigenvalue weighted by molar-refractivity contribution is 0.121. The van der Waals surface area contributed by atoms with Crippen molar-refractivity contribution < 1.29 is 18.9 Å². The quantitative estimate of drug-likeness (QED) is 0.733. The first kappa shape index (κ1) is 15.6. The molecule has 0 amide bonds. The van der Waals surface area contributed by atoms with Crippen LogP contribution in [0.3, 0.4) is 0 Å². The van der Waals surface area contributed by atoms with Crippen LogP contribution in [0.2, 0.25) is 0 Å². The zero-order valence-electron chi connectivity index (χ0n) is 12.1. The molecule has 0 spiro atoms. The van der Waals surface area contributed by atoms with Crippen molar-refractivity contribution in [3.8, 4) is 17.2 Å². The summed E-state index contributed by atoms with van der Waals surface area (Å²) in [6.07, 6.45) is 0.974. The molecule has 0 bridgehead atoms. The van der Waals surface area contributed by atoms with Gasteiger partial charge in [-0.15, -0.1) is 0 Å². The summed E-state index contributed by atoms with van der Waals surface area (Å²) in [7, 11) is 4.74. The van der Waals surface area contributed by atoms with E-state index in [0.29, 0.717) is 30.5 Å². The molecule has 0 aliphatic heterocycles. The van der Waals surface area contributed by atoms with Crippen LogP contribution in [0.5, 0.6) is 17.2 Å². The molecule has 1 atom stereocenters. The second kappa shape index (κ2) is 7.86. The van der Waals surface area contributed by atoms with E-state index in [4.69, 9.17) is 24.7 Å². The van der Waals surface area contributed by atoms with E-state index in [2.05, 4.69) is 6.92 Å². The Balaban J connectivity index is 2.95. The second-order valence-corrected chi connectivity index (χ2v) is 4.14. The van der Waals surface area contributed by atoms with Gasteiger partial charge in [0.2, 0.25) is 5.75 Å². The van der Waals surface area contributed by atoms with Crippen molar-refractivity contribution >= 4 is 0 Å². The van der Waals surface area contributed by atoms with Gasteiger partial charge in [0.1, 0.15) is 0 Å². The molecule has 1 rings (SSSR count). The Hall–Kier alpha value is -1.46. The lowest BCUT2D eigenvalue weighted by atomic mass is 10.1. The summed E-state index contributed by atoms with van der Waals surface area (Å²) >= 11 is 0. The first-order chi connectivity index (χ1) is 9.17. The topological polar surface area (TPSA) is 62.9 Å². The summed E-state index contributed by atoms with van der Waals surface area (Å²) < 4.78 is 21.3.